The first-order valence-electron chi connectivity index (χ1n) is 6.08. The van der Waals surface area contributed by atoms with Gasteiger partial charge >= 0.3 is 101 Å². The van der Waals surface area contributed by atoms with Crippen molar-refractivity contribution in [2.45, 2.75) is 66.6 Å². The molecule has 0 saturated carbocycles. The SMILES string of the molecule is CCO[PH](CC)(OC(C)(C)C)OC(C)(C)C. The van der Waals surface area contributed by atoms with E-state index >= 15 is 0 Å². The van der Waals surface area contributed by atoms with Gasteiger partial charge in [-0.25, -0.2) is 0 Å². The quantitative estimate of drug-likeness (QED) is 0.687. The van der Waals surface area contributed by atoms with Gasteiger partial charge in [0.1, 0.15) is 0 Å². The molecular weight excluding hydrogens is 223 g/mol. The normalized spacial score (nSPS) is 15.2. The Morgan fingerprint density at radius 2 is 1.19 bits per heavy atom. The molecule has 0 radical (unpaired) electrons. The summed E-state index contributed by atoms with van der Waals surface area (Å²) in [5, 5.41) is 0. The van der Waals surface area contributed by atoms with Gasteiger partial charge in [-0.05, 0) is 0 Å². The average molecular weight is 252 g/mol. The first-order chi connectivity index (χ1) is 7.04. The molecule has 0 aromatic carbocycles. The molecular formula is C12H29O3P. The molecule has 3 nitrogen and oxygen atoms in total. The third-order valence-corrected chi connectivity index (χ3v) is 5.16. The molecule has 0 fully saturated rings. The van der Waals surface area contributed by atoms with Gasteiger partial charge in [0.2, 0.25) is 0 Å². The Kier molecular flexibility index (Phi) is 5.88. The fourth-order valence-electron chi connectivity index (χ4n) is 1.48. The van der Waals surface area contributed by atoms with Crippen LogP contribution < -0.4 is 0 Å². The van der Waals surface area contributed by atoms with Crippen molar-refractivity contribution in [3.63, 3.8) is 0 Å². The van der Waals surface area contributed by atoms with Gasteiger partial charge in [-0.2, -0.15) is 0 Å². The molecule has 0 bridgehead atoms. The Hall–Kier alpha value is 0.310. The van der Waals surface area contributed by atoms with Crippen molar-refractivity contribution >= 4 is 7.94 Å². The fraction of sp³-hybridized carbons (Fsp3) is 1.00. The number of rotatable bonds is 5. The van der Waals surface area contributed by atoms with Crippen molar-refractivity contribution in [2.75, 3.05) is 12.8 Å². The molecule has 0 spiro atoms. The van der Waals surface area contributed by atoms with E-state index in [2.05, 4.69) is 6.92 Å². The van der Waals surface area contributed by atoms with E-state index in [-0.39, 0.29) is 11.2 Å². The molecule has 0 aliphatic rings. The predicted molar refractivity (Wildman–Crippen MR) is 72.2 cm³/mol. The molecule has 0 unspecified atom stereocenters. The molecule has 4 heteroatoms. The van der Waals surface area contributed by atoms with Crippen LogP contribution in [-0.4, -0.2) is 24.0 Å². The van der Waals surface area contributed by atoms with Crippen molar-refractivity contribution < 1.29 is 13.6 Å². The molecule has 0 aliphatic heterocycles. The topological polar surface area (TPSA) is 27.7 Å². The third-order valence-electron chi connectivity index (χ3n) is 1.72. The van der Waals surface area contributed by atoms with Gasteiger partial charge in [-0.15, -0.1) is 0 Å². The first kappa shape index (κ1) is 16.3. The molecule has 0 atom stereocenters. The minimum absolute atomic E-state index is 0.233. The second kappa shape index (κ2) is 5.77. The summed E-state index contributed by atoms with van der Waals surface area (Å²) in [5.74, 6) is 0. The maximum atomic E-state index is 6.09. The molecule has 0 aromatic heterocycles. The molecule has 0 aromatic rings. The van der Waals surface area contributed by atoms with E-state index in [4.69, 9.17) is 13.6 Å². The van der Waals surface area contributed by atoms with Gasteiger partial charge in [-0.1, -0.05) is 0 Å². The van der Waals surface area contributed by atoms with Crippen LogP contribution in [0.3, 0.4) is 0 Å². The molecule has 100 valence electrons. The maximum absolute atomic E-state index is 6.09. The summed E-state index contributed by atoms with van der Waals surface area (Å²) in [7, 11) is -2.54. The predicted octanol–water partition coefficient (Wildman–Crippen LogP) is 4.17. The summed E-state index contributed by atoms with van der Waals surface area (Å²) in [6.07, 6.45) is 0.801. The van der Waals surface area contributed by atoms with Gasteiger partial charge in [0.05, 0.1) is 0 Å². The molecule has 0 aliphatic carbocycles. The number of hydrogen-bond acceptors (Lipinski definition) is 3. The Morgan fingerprint density at radius 3 is 1.38 bits per heavy atom. The first-order valence-corrected chi connectivity index (χ1v) is 8.01. The van der Waals surface area contributed by atoms with E-state index in [0.29, 0.717) is 6.61 Å². The van der Waals surface area contributed by atoms with Crippen LogP contribution in [-0.2, 0) is 13.6 Å². The van der Waals surface area contributed by atoms with Gasteiger partial charge in [-0.3, -0.25) is 0 Å². The summed E-state index contributed by atoms with van der Waals surface area (Å²) >= 11 is 0. The van der Waals surface area contributed by atoms with Crippen LogP contribution in [0.15, 0.2) is 0 Å². The van der Waals surface area contributed by atoms with Crippen LogP contribution in [0.2, 0.25) is 0 Å². The summed E-state index contributed by atoms with van der Waals surface area (Å²) in [6, 6.07) is 0. The second-order valence-electron chi connectivity index (χ2n) is 5.90. The summed E-state index contributed by atoms with van der Waals surface area (Å²) in [5.41, 5.74) is -0.467. The van der Waals surface area contributed by atoms with Crippen LogP contribution in [0.5, 0.6) is 0 Å². The molecule has 0 saturated heterocycles. The van der Waals surface area contributed by atoms with Gasteiger partial charge in [0, 0.05) is 0 Å². The zero-order chi connectivity index (χ0) is 13.0. The van der Waals surface area contributed by atoms with E-state index in [0.717, 1.165) is 6.16 Å². The summed E-state index contributed by atoms with van der Waals surface area (Å²) in [6.45, 7) is 16.9. The van der Waals surface area contributed by atoms with E-state index < -0.39 is 7.94 Å². The Morgan fingerprint density at radius 1 is 0.812 bits per heavy atom. The monoisotopic (exact) mass is 252 g/mol. The van der Waals surface area contributed by atoms with Crippen molar-refractivity contribution in [3.8, 4) is 0 Å². The summed E-state index contributed by atoms with van der Waals surface area (Å²) in [4.78, 5) is 0. The minimum atomic E-state index is -2.54. The van der Waals surface area contributed by atoms with Crippen LogP contribution in [0.1, 0.15) is 55.4 Å². The molecule has 0 rings (SSSR count). The number of hydrogen-bond donors (Lipinski definition) is 0. The average Bonchev–Trinajstić information content (AvgIpc) is 1.98. The van der Waals surface area contributed by atoms with Gasteiger partial charge in [0.15, 0.2) is 0 Å². The van der Waals surface area contributed by atoms with Crippen LogP contribution in [0.4, 0.5) is 0 Å². The zero-order valence-corrected chi connectivity index (χ0v) is 13.1. The molecule has 0 N–H and O–H groups in total. The van der Waals surface area contributed by atoms with Crippen LogP contribution in [0.25, 0.3) is 0 Å². The van der Waals surface area contributed by atoms with Crippen molar-refractivity contribution in [3.05, 3.63) is 0 Å². The molecule has 0 amide bonds. The van der Waals surface area contributed by atoms with Crippen molar-refractivity contribution in [1.82, 2.24) is 0 Å². The Labute approximate surface area is 101 Å². The Bertz CT molecular complexity index is 187. The van der Waals surface area contributed by atoms with E-state index in [1.54, 1.807) is 0 Å². The standard InChI is InChI=1S/C12H29O3P/c1-9-13-16(10-2,14-11(3,4)5)15-12(6,7)8/h16H,9-10H2,1-8H3. The van der Waals surface area contributed by atoms with E-state index in [1.807, 2.05) is 48.5 Å². The third kappa shape index (κ3) is 6.80. The van der Waals surface area contributed by atoms with E-state index in [9.17, 15) is 0 Å². The zero-order valence-electron chi connectivity index (χ0n) is 12.1. The second-order valence-corrected chi connectivity index (χ2v) is 8.67. The van der Waals surface area contributed by atoms with Crippen LogP contribution >= 0.6 is 7.94 Å². The van der Waals surface area contributed by atoms with Gasteiger partial charge in [0.25, 0.3) is 0 Å². The fourth-order valence-corrected chi connectivity index (χ4v) is 4.44. The summed E-state index contributed by atoms with van der Waals surface area (Å²) < 4.78 is 18.0. The van der Waals surface area contributed by atoms with Crippen molar-refractivity contribution in [2.24, 2.45) is 0 Å². The molecule has 0 heterocycles. The Balaban J connectivity index is 4.85. The van der Waals surface area contributed by atoms with Crippen LogP contribution in [0, 0.1) is 0 Å². The van der Waals surface area contributed by atoms with Gasteiger partial charge < -0.3 is 0 Å². The molecule has 16 heavy (non-hydrogen) atoms. The van der Waals surface area contributed by atoms with Crippen molar-refractivity contribution in [1.29, 1.82) is 0 Å². The van der Waals surface area contributed by atoms with E-state index in [1.165, 1.54) is 0 Å².